The Morgan fingerprint density at radius 2 is 1.63 bits per heavy atom. The van der Waals surface area contributed by atoms with E-state index in [4.69, 9.17) is 33.0 Å². The van der Waals surface area contributed by atoms with Gasteiger partial charge >= 0.3 is 0 Å². The van der Waals surface area contributed by atoms with E-state index in [-0.39, 0.29) is 23.5 Å². The monoisotopic (exact) mass is 530 g/mol. The van der Waals surface area contributed by atoms with Gasteiger partial charge in [-0.15, -0.1) is 4.40 Å². The molecule has 0 fully saturated rings. The number of hydrogen-bond acceptors (Lipinski definition) is 4. The molecule has 1 heterocycles. The van der Waals surface area contributed by atoms with Crippen LogP contribution in [-0.2, 0) is 14.8 Å². The third-order valence-corrected chi connectivity index (χ3v) is 7.24. The van der Waals surface area contributed by atoms with Gasteiger partial charge in [-0.05, 0) is 47.5 Å². The standard InChI is InChI=1S/C25H24Cl2N4O3S/c1-30(17-34-2)25(29-35(32,33)22-14-12-21(27)13-15-22)31-16-23(18-6-4-3-5-7-18)24(28-31)19-8-10-20(26)11-9-19/h3-15,23H,16-17H2,1-2H3/b29-25+. The van der Waals surface area contributed by atoms with Crippen LogP contribution in [0.3, 0.4) is 0 Å². The van der Waals surface area contributed by atoms with Crippen LogP contribution in [-0.4, -0.2) is 57.4 Å². The Kier molecular flexibility index (Phi) is 7.76. The van der Waals surface area contributed by atoms with Crippen LogP contribution < -0.4 is 0 Å². The van der Waals surface area contributed by atoms with E-state index in [1.54, 1.807) is 29.1 Å². The van der Waals surface area contributed by atoms with Crippen molar-refractivity contribution < 1.29 is 13.2 Å². The maximum Gasteiger partial charge on any atom is 0.285 e. The minimum absolute atomic E-state index is 0.0333. The topological polar surface area (TPSA) is 74.6 Å². The molecule has 0 aromatic heterocycles. The van der Waals surface area contributed by atoms with Crippen molar-refractivity contribution in [2.75, 3.05) is 27.4 Å². The number of ether oxygens (including phenoxy) is 1. The zero-order chi connectivity index (χ0) is 25.0. The van der Waals surface area contributed by atoms with Gasteiger partial charge in [0.1, 0.15) is 6.73 Å². The SMILES string of the molecule is COCN(C)/C(=N\S(=O)(=O)c1ccc(Cl)cc1)N1CC(c2ccccc2)C(c2ccc(Cl)cc2)=N1. The first-order chi connectivity index (χ1) is 16.8. The van der Waals surface area contributed by atoms with Crippen LogP contribution in [0.25, 0.3) is 0 Å². The highest BCUT2D eigenvalue weighted by Crippen LogP contribution is 2.30. The number of methoxy groups -OCH3 is 1. The van der Waals surface area contributed by atoms with Gasteiger partial charge in [-0.25, -0.2) is 5.01 Å². The Bertz CT molecular complexity index is 1330. The van der Waals surface area contributed by atoms with Gasteiger partial charge in [-0.3, -0.25) is 0 Å². The van der Waals surface area contributed by atoms with Crippen LogP contribution in [0, 0.1) is 0 Å². The second-order valence-corrected chi connectivity index (χ2v) is 10.5. The lowest BCUT2D eigenvalue weighted by Crippen LogP contribution is -2.40. The molecule has 0 radical (unpaired) electrons. The largest absolute Gasteiger partial charge is 0.364 e. The molecule has 7 nitrogen and oxygen atoms in total. The van der Waals surface area contributed by atoms with Gasteiger partial charge in [0.25, 0.3) is 10.0 Å². The lowest BCUT2D eigenvalue weighted by molar-refractivity contribution is 0.115. The van der Waals surface area contributed by atoms with Crippen LogP contribution >= 0.6 is 23.2 Å². The maximum atomic E-state index is 13.2. The summed E-state index contributed by atoms with van der Waals surface area (Å²) in [5.74, 6) is 0.0310. The van der Waals surface area contributed by atoms with E-state index < -0.39 is 10.0 Å². The van der Waals surface area contributed by atoms with Crippen molar-refractivity contribution >= 4 is 44.9 Å². The molecule has 0 aliphatic carbocycles. The Morgan fingerprint density at radius 1 is 1.03 bits per heavy atom. The van der Waals surface area contributed by atoms with E-state index >= 15 is 0 Å². The van der Waals surface area contributed by atoms with Crippen molar-refractivity contribution in [1.82, 2.24) is 9.91 Å². The van der Waals surface area contributed by atoms with E-state index in [0.717, 1.165) is 16.8 Å². The third-order valence-electron chi connectivity index (χ3n) is 5.46. The first-order valence-electron chi connectivity index (χ1n) is 10.8. The van der Waals surface area contributed by atoms with Gasteiger partial charge in [0.05, 0.1) is 17.2 Å². The molecule has 1 aliphatic rings. The highest BCUT2D eigenvalue weighted by atomic mass is 35.5. The summed E-state index contributed by atoms with van der Waals surface area (Å²) in [4.78, 5) is 1.63. The van der Waals surface area contributed by atoms with E-state index in [9.17, 15) is 8.42 Å². The summed E-state index contributed by atoms with van der Waals surface area (Å²) in [5, 5.41) is 7.50. The average Bonchev–Trinajstić information content (AvgIpc) is 3.29. The fourth-order valence-electron chi connectivity index (χ4n) is 3.79. The number of hydrazone groups is 1. The van der Waals surface area contributed by atoms with Crippen molar-refractivity contribution in [3.63, 3.8) is 0 Å². The second-order valence-electron chi connectivity index (χ2n) is 7.97. The minimum Gasteiger partial charge on any atom is -0.364 e. The number of benzene rings is 3. The molecule has 10 heteroatoms. The average molecular weight is 531 g/mol. The van der Waals surface area contributed by atoms with Crippen LogP contribution in [0.2, 0.25) is 10.0 Å². The van der Waals surface area contributed by atoms with Gasteiger partial charge in [0, 0.05) is 30.1 Å². The second kappa shape index (κ2) is 10.8. The number of guanidine groups is 1. The van der Waals surface area contributed by atoms with E-state index in [1.807, 2.05) is 42.5 Å². The van der Waals surface area contributed by atoms with Crippen molar-refractivity contribution in [2.24, 2.45) is 9.50 Å². The first kappa shape index (κ1) is 25.2. The summed E-state index contributed by atoms with van der Waals surface area (Å²) in [5.41, 5.74) is 2.73. The summed E-state index contributed by atoms with van der Waals surface area (Å²) in [7, 11) is -0.813. The molecular weight excluding hydrogens is 507 g/mol. The molecule has 1 aliphatic heterocycles. The molecule has 0 bridgehead atoms. The smallest absolute Gasteiger partial charge is 0.285 e. The Hall–Kier alpha value is -2.91. The first-order valence-corrected chi connectivity index (χ1v) is 13.0. The highest BCUT2D eigenvalue weighted by Gasteiger charge is 2.33. The zero-order valence-electron chi connectivity index (χ0n) is 19.2. The van der Waals surface area contributed by atoms with Crippen LogP contribution in [0.15, 0.2) is 93.3 Å². The highest BCUT2D eigenvalue weighted by molar-refractivity contribution is 7.90. The normalized spacial score (nSPS) is 16.3. The van der Waals surface area contributed by atoms with Gasteiger partial charge < -0.3 is 9.64 Å². The van der Waals surface area contributed by atoms with E-state index in [0.29, 0.717) is 16.6 Å². The molecule has 0 N–H and O–H groups in total. The molecule has 1 unspecified atom stereocenters. The Balaban J connectivity index is 1.80. The number of nitrogens with zero attached hydrogens (tertiary/aromatic N) is 4. The third kappa shape index (κ3) is 5.85. The summed E-state index contributed by atoms with van der Waals surface area (Å²) in [6.07, 6.45) is 0. The van der Waals surface area contributed by atoms with Crippen LogP contribution in [0.4, 0.5) is 0 Å². The predicted octanol–water partition coefficient (Wildman–Crippen LogP) is 5.08. The van der Waals surface area contributed by atoms with E-state index in [1.165, 1.54) is 31.4 Å². The number of rotatable bonds is 6. The molecule has 3 aromatic rings. The fraction of sp³-hybridized carbons (Fsp3) is 0.200. The lowest BCUT2D eigenvalue weighted by Gasteiger charge is -2.26. The van der Waals surface area contributed by atoms with Crippen molar-refractivity contribution in [1.29, 1.82) is 0 Å². The van der Waals surface area contributed by atoms with E-state index in [2.05, 4.69) is 4.40 Å². The van der Waals surface area contributed by atoms with Gasteiger partial charge in [0.15, 0.2) is 0 Å². The summed E-state index contributed by atoms with van der Waals surface area (Å²) in [6, 6.07) is 23.2. The molecule has 1 atom stereocenters. The summed E-state index contributed by atoms with van der Waals surface area (Å²) in [6.45, 7) is 0.512. The number of halogens is 2. The molecule has 0 amide bonds. The maximum absolute atomic E-state index is 13.2. The van der Waals surface area contributed by atoms with Gasteiger partial charge in [-0.2, -0.15) is 13.5 Å². The Morgan fingerprint density at radius 3 is 2.23 bits per heavy atom. The van der Waals surface area contributed by atoms with Crippen molar-refractivity contribution in [3.8, 4) is 0 Å². The molecule has 0 saturated heterocycles. The molecular formula is C25H24Cl2N4O3S. The zero-order valence-corrected chi connectivity index (χ0v) is 21.5. The summed E-state index contributed by atoms with van der Waals surface area (Å²) >= 11 is 12.0. The summed E-state index contributed by atoms with van der Waals surface area (Å²) < 4.78 is 35.8. The molecule has 4 rings (SSSR count). The van der Waals surface area contributed by atoms with Crippen molar-refractivity contribution in [2.45, 2.75) is 10.8 Å². The number of hydrogen-bond donors (Lipinski definition) is 0. The van der Waals surface area contributed by atoms with Gasteiger partial charge in [0.2, 0.25) is 5.96 Å². The molecule has 0 spiro atoms. The van der Waals surface area contributed by atoms with Crippen LogP contribution in [0.5, 0.6) is 0 Å². The lowest BCUT2D eigenvalue weighted by atomic mass is 9.91. The Labute approximate surface area is 215 Å². The van der Waals surface area contributed by atoms with Gasteiger partial charge in [-0.1, -0.05) is 65.7 Å². The molecule has 3 aromatic carbocycles. The number of sulfonamides is 1. The minimum atomic E-state index is -4.04. The van der Waals surface area contributed by atoms with Crippen LogP contribution in [0.1, 0.15) is 17.0 Å². The molecule has 0 saturated carbocycles. The quantitative estimate of drug-likeness (QED) is 0.252. The van der Waals surface area contributed by atoms with Crippen molar-refractivity contribution in [3.05, 3.63) is 100 Å². The molecule has 35 heavy (non-hydrogen) atoms. The molecule has 182 valence electrons. The predicted molar refractivity (Wildman–Crippen MR) is 140 cm³/mol. The fourth-order valence-corrected chi connectivity index (χ4v) is 5.07.